The summed E-state index contributed by atoms with van der Waals surface area (Å²) in [5, 5.41) is 3.11. The van der Waals surface area contributed by atoms with Crippen LogP contribution in [0, 0.1) is 0 Å². The normalized spacial score (nSPS) is 27.3. The molecule has 1 saturated heterocycles. The molecule has 0 bridgehead atoms. The smallest absolute Gasteiger partial charge is 0.300 e. The number of rotatable bonds is 2. The molecule has 0 aliphatic carbocycles. The maximum absolute atomic E-state index is 13.3. The molecule has 9 heteroatoms. The van der Waals surface area contributed by atoms with Gasteiger partial charge >= 0.3 is 6.18 Å². The van der Waals surface area contributed by atoms with Crippen LogP contribution < -0.4 is 10.7 Å². The van der Waals surface area contributed by atoms with E-state index in [0.29, 0.717) is 5.01 Å². The Bertz CT molecular complexity index is 400. The van der Waals surface area contributed by atoms with Crippen molar-refractivity contribution in [1.29, 1.82) is 0 Å². The van der Waals surface area contributed by atoms with Crippen LogP contribution in [0.5, 0.6) is 0 Å². The van der Waals surface area contributed by atoms with Crippen LogP contribution >= 0.6 is 0 Å². The molecule has 0 aromatic heterocycles. The molecule has 20 heavy (non-hydrogen) atoms. The highest BCUT2D eigenvalue weighted by Gasteiger charge is 2.40. The lowest BCUT2D eigenvalue weighted by Gasteiger charge is -2.24. The summed E-state index contributed by atoms with van der Waals surface area (Å²) < 4.78 is 51.2. The number of halogens is 4. The number of hydrazine groups is 1. The third-order valence-corrected chi connectivity index (χ3v) is 2.85. The monoisotopic (exact) mass is 296 g/mol. The predicted octanol–water partition coefficient (Wildman–Crippen LogP) is 1.14. The number of nitrogens with one attached hydrogen (secondary N) is 2. The molecule has 0 aromatic rings. The van der Waals surface area contributed by atoms with Gasteiger partial charge in [0.2, 0.25) is 5.84 Å². The van der Waals surface area contributed by atoms with Crippen LogP contribution in [0.15, 0.2) is 17.8 Å². The largest absolute Gasteiger partial charge is 0.451 e. The van der Waals surface area contributed by atoms with E-state index < -0.39 is 36.2 Å². The van der Waals surface area contributed by atoms with Gasteiger partial charge < -0.3 is 5.32 Å². The number of carbonyl (C=O) groups is 1. The lowest BCUT2D eigenvalue weighted by molar-refractivity contribution is -0.126. The van der Waals surface area contributed by atoms with Crippen LogP contribution in [0.3, 0.4) is 0 Å². The number of alkyl halides is 4. The van der Waals surface area contributed by atoms with Crippen LogP contribution in [-0.2, 0) is 4.79 Å². The second-order valence-corrected chi connectivity index (χ2v) is 4.43. The van der Waals surface area contributed by atoms with Crippen LogP contribution in [-0.4, -0.2) is 48.2 Å². The first-order chi connectivity index (χ1) is 9.16. The average Bonchev–Trinajstić information content (AvgIpc) is 2.65. The van der Waals surface area contributed by atoms with E-state index in [9.17, 15) is 22.4 Å². The van der Waals surface area contributed by atoms with Gasteiger partial charge in [0.15, 0.2) is 0 Å². The first-order valence-electron chi connectivity index (χ1n) is 5.87. The summed E-state index contributed by atoms with van der Waals surface area (Å²) >= 11 is 0. The van der Waals surface area contributed by atoms with Gasteiger partial charge in [0.25, 0.3) is 5.91 Å². The molecule has 0 spiro atoms. The second kappa shape index (κ2) is 6.21. The van der Waals surface area contributed by atoms with E-state index in [0.717, 1.165) is 13.2 Å². The number of hydrogen-bond acceptors (Lipinski definition) is 3. The standard InChI is InChI=1S/C11H16F4N4O/c1-4-16-10(11(13,14)15)19(3)18-9(20)8-5-7(12)6(2)17-8/h4,6-8,17H,1,5H2,2-3H3,(H,18,20)/t6-,7+,8-/m0/s1. The molecule has 0 radical (unpaired) electrons. The minimum Gasteiger partial charge on any atom is -0.300 e. The minimum atomic E-state index is -4.74. The maximum Gasteiger partial charge on any atom is 0.451 e. The predicted molar refractivity (Wildman–Crippen MR) is 65.5 cm³/mol. The number of nitrogens with zero attached hydrogens (tertiary/aromatic N) is 2. The molecule has 3 atom stereocenters. The Hall–Kier alpha value is -1.64. The van der Waals surface area contributed by atoms with Crippen molar-refractivity contribution >= 4 is 11.7 Å². The Balaban J connectivity index is 2.70. The van der Waals surface area contributed by atoms with Gasteiger partial charge in [0, 0.05) is 25.7 Å². The highest BCUT2D eigenvalue weighted by Crippen LogP contribution is 2.20. The van der Waals surface area contributed by atoms with Gasteiger partial charge in [-0.15, -0.1) is 0 Å². The number of aliphatic imine (C=N–C) groups is 1. The molecule has 1 aliphatic rings. The summed E-state index contributed by atoms with van der Waals surface area (Å²) in [4.78, 5) is 14.8. The summed E-state index contributed by atoms with van der Waals surface area (Å²) in [6.07, 6.45) is -5.31. The van der Waals surface area contributed by atoms with Gasteiger partial charge in [-0.05, 0) is 6.92 Å². The van der Waals surface area contributed by atoms with Crippen molar-refractivity contribution in [2.45, 2.75) is 37.8 Å². The molecule has 1 amide bonds. The summed E-state index contributed by atoms with van der Waals surface area (Å²) in [5.41, 5.74) is 2.02. The molecule has 1 rings (SSSR count). The first kappa shape index (κ1) is 16.4. The summed E-state index contributed by atoms with van der Waals surface area (Å²) in [6, 6.07) is -1.39. The maximum atomic E-state index is 13.3. The van der Waals surface area contributed by atoms with Crippen molar-refractivity contribution in [3.63, 3.8) is 0 Å². The Morgan fingerprint density at radius 1 is 1.55 bits per heavy atom. The summed E-state index contributed by atoms with van der Waals surface area (Å²) in [6.45, 7) is 4.64. The van der Waals surface area contributed by atoms with E-state index in [4.69, 9.17) is 0 Å². The van der Waals surface area contributed by atoms with Gasteiger partial charge in [0.1, 0.15) is 6.17 Å². The fourth-order valence-electron chi connectivity index (χ4n) is 1.83. The molecule has 1 heterocycles. The zero-order valence-electron chi connectivity index (χ0n) is 11.0. The van der Waals surface area contributed by atoms with E-state index in [1.54, 1.807) is 6.92 Å². The van der Waals surface area contributed by atoms with Gasteiger partial charge in [-0.3, -0.25) is 15.2 Å². The Kier molecular flexibility index (Phi) is 5.09. The van der Waals surface area contributed by atoms with Crippen molar-refractivity contribution in [3.8, 4) is 0 Å². The zero-order valence-corrected chi connectivity index (χ0v) is 11.0. The Morgan fingerprint density at radius 2 is 2.15 bits per heavy atom. The third-order valence-electron chi connectivity index (χ3n) is 2.85. The second-order valence-electron chi connectivity index (χ2n) is 4.43. The highest BCUT2D eigenvalue weighted by molar-refractivity contribution is 5.91. The van der Waals surface area contributed by atoms with Gasteiger partial charge in [-0.1, -0.05) is 6.58 Å². The van der Waals surface area contributed by atoms with Crippen LogP contribution in [0.4, 0.5) is 17.6 Å². The lowest BCUT2D eigenvalue weighted by Crippen LogP contribution is -2.53. The van der Waals surface area contributed by atoms with E-state index in [-0.39, 0.29) is 6.42 Å². The average molecular weight is 296 g/mol. The Morgan fingerprint density at radius 3 is 2.55 bits per heavy atom. The van der Waals surface area contributed by atoms with E-state index in [2.05, 4.69) is 16.9 Å². The number of carbonyl (C=O) groups excluding carboxylic acids is 1. The van der Waals surface area contributed by atoms with Gasteiger partial charge in [-0.25, -0.2) is 9.38 Å². The number of hydrogen-bond donors (Lipinski definition) is 2. The Labute approximate surface area is 113 Å². The van der Waals surface area contributed by atoms with Crippen molar-refractivity contribution in [1.82, 2.24) is 15.8 Å². The fourth-order valence-corrected chi connectivity index (χ4v) is 1.83. The number of amidine groups is 1. The molecular formula is C11H16F4N4O. The van der Waals surface area contributed by atoms with Crippen molar-refractivity contribution in [3.05, 3.63) is 12.8 Å². The highest BCUT2D eigenvalue weighted by atomic mass is 19.4. The SMILES string of the molecule is C=CN=C(N(C)NC(=O)[C@@H]1C[C@@H](F)[C@H](C)N1)C(F)(F)F. The van der Waals surface area contributed by atoms with Crippen molar-refractivity contribution in [2.75, 3.05) is 7.05 Å². The minimum absolute atomic E-state index is 0.0825. The molecule has 1 fully saturated rings. The van der Waals surface area contributed by atoms with Crippen molar-refractivity contribution < 1.29 is 22.4 Å². The molecule has 5 nitrogen and oxygen atoms in total. The van der Waals surface area contributed by atoms with E-state index >= 15 is 0 Å². The zero-order chi connectivity index (χ0) is 15.5. The lowest BCUT2D eigenvalue weighted by atomic mass is 10.2. The molecule has 1 aliphatic heterocycles. The molecule has 114 valence electrons. The quantitative estimate of drug-likeness (QED) is 0.348. The summed E-state index contributed by atoms with van der Waals surface area (Å²) in [7, 11) is 0.999. The van der Waals surface area contributed by atoms with Gasteiger partial charge in [-0.2, -0.15) is 13.2 Å². The van der Waals surface area contributed by atoms with E-state index in [1.165, 1.54) is 0 Å². The molecule has 0 unspecified atom stereocenters. The summed E-state index contributed by atoms with van der Waals surface area (Å²) in [5.74, 6) is -2.07. The number of amides is 1. The molecule has 0 aromatic carbocycles. The van der Waals surface area contributed by atoms with E-state index in [1.807, 2.05) is 5.43 Å². The van der Waals surface area contributed by atoms with Crippen LogP contribution in [0.1, 0.15) is 13.3 Å². The van der Waals surface area contributed by atoms with Gasteiger partial charge in [0.05, 0.1) is 6.04 Å². The third kappa shape index (κ3) is 3.92. The molecule has 0 saturated carbocycles. The van der Waals surface area contributed by atoms with Crippen LogP contribution in [0.2, 0.25) is 0 Å². The van der Waals surface area contributed by atoms with Crippen molar-refractivity contribution in [2.24, 2.45) is 4.99 Å². The topological polar surface area (TPSA) is 56.7 Å². The fraction of sp³-hybridized carbons (Fsp3) is 0.636. The first-order valence-corrected chi connectivity index (χ1v) is 5.87. The molecule has 2 N–H and O–H groups in total. The molecular weight excluding hydrogens is 280 g/mol. The van der Waals surface area contributed by atoms with Crippen LogP contribution in [0.25, 0.3) is 0 Å².